The molecule has 0 unspecified atom stereocenters. The monoisotopic (exact) mass is 886 g/mol. The second kappa shape index (κ2) is 20.1. The van der Waals surface area contributed by atoms with Gasteiger partial charge in [0.25, 0.3) is 0 Å². The second-order valence-corrected chi connectivity index (χ2v) is 15.9. The highest BCUT2D eigenvalue weighted by Gasteiger charge is 2.31. The van der Waals surface area contributed by atoms with Gasteiger partial charge in [-0.1, -0.05) is 13.8 Å². The number of imidazole rings is 2. The molecule has 4 amide bonds. The summed E-state index contributed by atoms with van der Waals surface area (Å²) in [7, 11) is 0. The Hall–Kier alpha value is -6.22. The number of hydrogen-bond acceptors (Lipinski definition) is 12. The zero-order valence-corrected chi connectivity index (χ0v) is 37.2. The third-order valence-electron chi connectivity index (χ3n) is 10.2. The summed E-state index contributed by atoms with van der Waals surface area (Å²) in [6.07, 6.45) is 8.07. The Balaban J connectivity index is 0.000000205. The Morgan fingerprint density at radius 1 is 0.688 bits per heavy atom. The quantitative estimate of drug-likeness (QED) is 0.0657. The number of fused-ring (bicyclic) bond motifs is 2. The van der Waals surface area contributed by atoms with Gasteiger partial charge in [0.1, 0.15) is 22.8 Å². The molecule has 0 saturated carbocycles. The van der Waals surface area contributed by atoms with Crippen molar-refractivity contribution in [2.45, 2.75) is 104 Å². The number of carbonyl (C=O) groups is 2. The van der Waals surface area contributed by atoms with E-state index in [1.165, 1.54) is 24.8 Å². The third-order valence-corrected chi connectivity index (χ3v) is 10.2. The predicted molar refractivity (Wildman–Crippen MR) is 237 cm³/mol. The van der Waals surface area contributed by atoms with Gasteiger partial charge < -0.3 is 40.3 Å². The van der Waals surface area contributed by atoms with E-state index >= 15 is 8.78 Å². The molecule has 0 spiro atoms. The van der Waals surface area contributed by atoms with Gasteiger partial charge in [-0.3, -0.25) is 10.6 Å². The van der Waals surface area contributed by atoms with Crippen LogP contribution in [0.4, 0.5) is 30.3 Å². The van der Waals surface area contributed by atoms with Crippen LogP contribution in [0.1, 0.15) is 116 Å². The molecule has 2 atom stereocenters. The molecule has 4 aromatic heterocycles. The number of H-pyrrole nitrogens is 2. The number of benzene rings is 2. The van der Waals surface area contributed by atoms with Crippen LogP contribution in [0.2, 0.25) is 0 Å². The molecule has 64 heavy (non-hydrogen) atoms. The lowest BCUT2D eigenvalue weighted by atomic mass is 9.98. The van der Waals surface area contributed by atoms with Gasteiger partial charge in [-0.05, 0) is 79.4 Å². The largest absolute Gasteiger partial charge is 0.382 e. The number of aromatic amines is 2. The second-order valence-electron chi connectivity index (χ2n) is 15.9. The Morgan fingerprint density at radius 2 is 1.05 bits per heavy atom. The minimum absolute atomic E-state index is 0.213. The molecule has 0 bridgehead atoms. The van der Waals surface area contributed by atoms with Crippen molar-refractivity contribution in [3.05, 3.63) is 71.3 Å². The Bertz CT molecular complexity index is 2380. The highest BCUT2D eigenvalue weighted by molar-refractivity contribution is 5.93. The molecule has 6 heterocycles. The molecule has 2 aromatic carbocycles. The number of halogens is 2. The Kier molecular flexibility index (Phi) is 14.8. The van der Waals surface area contributed by atoms with Crippen molar-refractivity contribution in [3.8, 4) is 22.3 Å². The third kappa shape index (κ3) is 10.6. The number of carbonyl (C=O) groups excluding carboxylic acids is 2. The van der Waals surface area contributed by atoms with E-state index in [1.54, 1.807) is 53.7 Å². The summed E-state index contributed by atoms with van der Waals surface area (Å²) < 4.78 is 43.0. The van der Waals surface area contributed by atoms with Crippen LogP contribution >= 0.6 is 0 Å². The number of ether oxygens (including phenoxy) is 2. The fourth-order valence-electron chi connectivity index (χ4n) is 7.23. The van der Waals surface area contributed by atoms with E-state index in [0.29, 0.717) is 83.5 Å². The number of nitrogens with one attached hydrogen (secondary N) is 6. The molecule has 6 aromatic rings. The molecule has 0 radical (unpaired) electrons. The highest BCUT2D eigenvalue weighted by Crippen LogP contribution is 2.41. The first-order valence-corrected chi connectivity index (χ1v) is 21.4. The molecule has 18 nitrogen and oxygen atoms in total. The molecule has 2 saturated heterocycles. The van der Waals surface area contributed by atoms with Crippen molar-refractivity contribution in [2.24, 2.45) is 0 Å². The van der Waals surface area contributed by atoms with Crippen molar-refractivity contribution in [1.29, 1.82) is 0 Å². The van der Waals surface area contributed by atoms with Gasteiger partial charge in [-0.2, -0.15) is 0 Å². The van der Waals surface area contributed by atoms with Crippen LogP contribution in [0.25, 0.3) is 44.3 Å². The van der Waals surface area contributed by atoms with Crippen LogP contribution in [0.5, 0.6) is 0 Å². The maximum Gasteiger partial charge on any atom is 0.321 e. The maximum atomic E-state index is 15.7. The lowest BCUT2D eigenvalue weighted by Gasteiger charge is -2.17. The number of nitrogens with zero attached hydrogens (tertiary/aromatic N) is 6. The van der Waals surface area contributed by atoms with Gasteiger partial charge in [0.15, 0.2) is 11.6 Å². The van der Waals surface area contributed by atoms with Crippen molar-refractivity contribution < 1.29 is 38.1 Å². The van der Waals surface area contributed by atoms with Gasteiger partial charge in [0.05, 0.1) is 34.3 Å². The van der Waals surface area contributed by atoms with Crippen LogP contribution in [0.3, 0.4) is 0 Å². The van der Waals surface area contributed by atoms with E-state index in [2.05, 4.69) is 61.1 Å². The summed E-state index contributed by atoms with van der Waals surface area (Å²) in [5, 5.41) is 30.7. The molecule has 8 rings (SSSR count). The van der Waals surface area contributed by atoms with E-state index in [9.17, 15) is 19.8 Å². The van der Waals surface area contributed by atoms with Crippen LogP contribution in [0, 0.1) is 11.6 Å². The van der Waals surface area contributed by atoms with Gasteiger partial charge >= 0.3 is 12.1 Å². The zero-order valence-electron chi connectivity index (χ0n) is 37.2. The zero-order chi connectivity index (χ0) is 46.3. The molecule has 2 aliphatic rings. The predicted octanol–water partition coefficient (Wildman–Crippen LogP) is 7.78. The minimum atomic E-state index is -1.20. The first-order chi connectivity index (χ1) is 30.5. The van der Waals surface area contributed by atoms with Crippen LogP contribution in [0.15, 0.2) is 36.9 Å². The average molecular weight is 887 g/mol. The number of urea groups is 2. The Morgan fingerprint density at radius 3 is 1.34 bits per heavy atom. The summed E-state index contributed by atoms with van der Waals surface area (Å²) in [5.74, 6) is -0.0139. The molecule has 2 aliphatic heterocycles. The molecular weight excluding hydrogens is 831 g/mol. The number of amides is 4. The van der Waals surface area contributed by atoms with Crippen molar-refractivity contribution in [3.63, 3.8) is 0 Å². The van der Waals surface area contributed by atoms with Crippen molar-refractivity contribution >= 4 is 46.0 Å². The minimum Gasteiger partial charge on any atom is -0.382 e. The maximum absolute atomic E-state index is 15.7. The van der Waals surface area contributed by atoms with E-state index in [1.807, 2.05) is 13.8 Å². The van der Waals surface area contributed by atoms with Gasteiger partial charge in [0, 0.05) is 84.5 Å². The molecule has 0 aliphatic carbocycles. The number of rotatable bonds is 10. The number of anilines is 2. The topological polar surface area (TPSA) is 250 Å². The standard InChI is InChI=1S/2C21H25FN6O3.C2H6/c2*1-4-23-20(29)28-19-26-13-8-12(11-9-24-18(25-10-11)21(2,3)30)16(22)15(17(13)27-19)14-6-5-7-31-14;1-2/h2*8-10,14,30H,4-7H2,1-3H3,(H3,23,26,27,28,29);1-2H3/t2*14-;/m11./s1. The van der Waals surface area contributed by atoms with E-state index < -0.39 is 47.1 Å². The number of aromatic nitrogens is 8. The van der Waals surface area contributed by atoms with Crippen LogP contribution < -0.4 is 21.3 Å². The highest BCUT2D eigenvalue weighted by atomic mass is 19.1. The molecule has 2 fully saturated rings. The smallest absolute Gasteiger partial charge is 0.321 e. The molecule has 342 valence electrons. The molecule has 20 heteroatoms. The van der Waals surface area contributed by atoms with Crippen LogP contribution in [-0.2, 0) is 20.7 Å². The SMILES string of the molecule is CC.CCNC(=O)Nc1nc2c([C@H]3CCCO3)c(F)c(-c3cnc(C(C)(C)O)nc3)cc2[nH]1.CCNC(=O)Nc1nc2c([C@H]3CCCO3)c(F)c(-c3cnc(C(C)(C)O)nc3)cc2[nH]1. The van der Waals surface area contributed by atoms with E-state index in [4.69, 9.17) is 9.47 Å². The number of hydrogen-bond donors (Lipinski definition) is 8. The summed E-state index contributed by atoms with van der Waals surface area (Å²) in [5.41, 5.74) is 1.71. The normalized spacial score (nSPS) is 16.2. The first-order valence-electron chi connectivity index (χ1n) is 21.4. The van der Waals surface area contributed by atoms with Gasteiger partial charge in [0.2, 0.25) is 11.9 Å². The molecular formula is C44H56F2N12O6. The van der Waals surface area contributed by atoms with Crippen LogP contribution in [-0.4, -0.2) is 88.5 Å². The van der Waals surface area contributed by atoms with Crippen molar-refractivity contribution in [2.75, 3.05) is 36.9 Å². The fraction of sp³-hybridized carbons (Fsp3) is 0.455. The lowest BCUT2D eigenvalue weighted by molar-refractivity contribution is 0.0682. The number of aliphatic hydroxyl groups is 2. The van der Waals surface area contributed by atoms with Crippen molar-refractivity contribution in [1.82, 2.24) is 50.5 Å². The van der Waals surface area contributed by atoms with Gasteiger partial charge in [-0.15, -0.1) is 0 Å². The first kappa shape index (κ1) is 47.3. The average Bonchev–Trinajstić information content (AvgIpc) is 4.10. The summed E-state index contributed by atoms with van der Waals surface area (Å²) >= 11 is 0. The summed E-state index contributed by atoms with van der Waals surface area (Å²) in [4.78, 5) is 55.4. The lowest BCUT2D eigenvalue weighted by Crippen LogP contribution is -2.28. The van der Waals surface area contributed by atoms with Gasteiger partial charge in [-0.25, -0.2) is 48.3 Å². The summed E-state index contributed by atoms with van der Waals surface area (Å²) in [6, 6.07) is 2.41. The Labute approximate surface area is 368 Å². The molecule has 8 N–H and O–H groups in total. The van der Waals surface area contributed by atoms with E-state index in [-0.39, 0.29) is 34.7 Å². The fourth-order valence-corrected chi connectivity index (χ4v) is 7.23. The summed E-state index contributed by atoms with van der Waals surface area (Å²) in [6.45, 7) is 16.0. The van der Waals surface area contributed by atoms with E-state index in [0.717, 1.165) is 12.8 Å².